The number of benzene rings is 2. The van der Waals surface area contributed by atoms with Gasteiger partial charge in [-0.3, -0.25) is 14.2 Å². The van der Waals surface area contributed by atoms with Crippen molar-refractivity contribution >= 4 is 34.4 Å². The second kappa shape index (κ2) is 8.83. The minimum absolute atomic E-state index is 0.00227. The number of halogens is 3. The number of hydrogen-bond donors (Lipinski definition) is 1. The maximum Gasteiger partial charge on any atom is 0.310 e. The molecule has 3 aromatic rings. The van der Waals surface area contributed by atoms with E-state index in [1.54, 1.807) is 6.92 Å². The maximum absolute atomic E-state index is 14.1. The predicted molar refractivity (Wildman–Crippen MR) is 109 cm³/mol. The maximum atomic E-state index is 14.1. The summed E-state index contributed by atoms with van der Waals surface area (Å²) in [6.45, 7) is 3.83. The largest absolute Gasteiger partial charge is 0.505 e. The number of phenols is 1. The first-order valence-electron chi connectivity index (χ1n) is 9.42. The van der Waals surface area contributed by atoms with Crippen molar-refractivity contribution in [2.75, 3.05) is 6.61 Å². The average Bonchev–Trinajstić information content (AvgIpc) is 2.95. The first-order valence-corrected chi connectivity index (χ1v) is 9.80. The Bertz CT molecular complexity index is 1140. The van der Waals surface area contributed by atoms with Gasteiger partial charge in [-0.05, 0) is 43.2 Å². The summed E-state index contributed by atoms with van der Waals surface area (Å²) in [6.07, 6.45) is 1.43. The van der Waals surface area contributed by atoms with Gasteiger partial charge in [0.2, 0.25) is 0 Å². The highest BCUT2D eigenvalue weighted by Crippen LogP contribution is 2.32. The van der Waals surface area contributed by atoms with Gasteiger partial charge in [0.05, 0.1) is 23.6 Å². The van der Waals surface area contributed by atoms with Crippen LogP contribution in [0.4, 0.5) is 8.78 Å². The summed E-state index contributed by atoms with van der Waals surface area (Å²) in [4.78, 5) is 25.4. The monoisotopic (exact) mass is 435 g/mol. The fourth-order valence-electron chi connectivity index (χ4n) is 3.26. The highest BCUT2D eigenvalue weighted by molar-refractivity contribution is 6.30. The molecular formula is C22H20ClF2NO4. The minimum atomic E-state index is -0.923. The van der Waals surface area contributed by atoms with Gasteiger partial charge in [0.25, 0.3) is 5.91 Å². The second-order valence-electron chi connectivity index (χ2n) is 6.90. The Kier molecular flexibility index (Phi) is 6.41. The van der Waals surface area contributed by atoms with Gasteiger partial charge in [0.1, 0.15) is 5.82 Å². The summed E-state index contributed by atoms with van der Waals surface area (Å²) in [5.41, 5.74) is 0.939. The van der Waals surface area contributed by atoms with E-state index in [1.165, 1.54) is 22.8 Å². The van der Waals surface area contributed by atoms with E-state index in [0.717, 1.165) is 25.0 Å². The summed E-state index contributed by atoms with van der Waals surface area (Å²) in [6, 6.07) is 5.77. The molecule has 0 fully saturated rings. The third-order valence-corrected chi connectivity index (χ3v) is 5.16. The van der Waals surface area contributed by atoms with Crippen LogP contribution in [0.5, 0.6) is 5.75 Å². The van der Waals surface area contributed by atoms with Gasteiger partial charge in [-0.1, -0.05) is 24.9 Å². The molecule has 0 aliphatic carbocycles. The van der Waals surface area contributed by atoms with E-state index in [9.17, 15) is 23.5 Å². The molecule has 0 aliphatic heterocycles. The van der Waals surface area contributed by atoms with E-state index in [0.29, 0.717) is 16.6 Å². The number of aromatic hydroxyl groups is 1. The van der Waals surface area contributed by atoms with Gasteiger partial charge >= 0.3 is 5.97 Å². The average molecular weight is 436 g/mol. The summed E-state index contributed by atoms with van der Waals surface area (Å²) in [7, 11) is 0. The Balaban J connectivity index is 2.11. The number of nitrogens with zero attached hydrogens (tertiary/aromatic N) is 1. The minimum Gasteiger partial charge on any atom is -0.505 e. The summed E-state index contributed by atoms with van der Waals surface area (Å²) in [5, 5.41) is 10.0. The lowest BCUT2D eigenvalue weighted by Crippen LogP contribution is -2.15. The predicted octanol–water partition coefficient (Wildman–Crippen LogP) is 5.16. The van der Waals surface area contributed by atoms with E-state index in [-0.39, 0.29) is 29.1 Å². The summed E-state index contributed by atoms with van der Waals surface area (Å²) >= 11 is 5.69. The van der Waals surface area contributed by atoms with Crippen LogP contribution in [0.3, 0.4) is 0 Å². The highest BCUT2D eigenvalue weighted by Gasteiger charge is 2.24. The smallest absolute Gasteiger partial charge is 0.310 e. The summed E-state index contributed by atoms with van der Waals surface area (Å²) < 4.78 is 34.3. The molecule has 3 rings (SSSR count). The normalized spacial score (nSPS) is 11.1. The van der Waals surface area contributed by atoms with Crippen molar-refractivity contribution < 1.29 is 28.2 Å². The molecule has 158 valence electrons. The molecular weight excluding hydrogens is 416 g/mol. The number of hydrogen-bond acceptors (Lipinski definition) is 4. The van der Waals surface area contributed by atoms with Gasteiger partial charge in [-0.15, -0.1) is 0 Å². The molecule has 5 nitrogen and oxygen atoms in total. The van der Waals surface area contributed by atoms with Crippen LogP contribution in [0.15, 0.2) is 30.3 Å². The van der Waals surface area contributed by atoms with Crippen molar-refractivity contribution in [3.05, 3.63) is 63.8 Å². The topological polar surface area (TPSA) is 68.5 Å². The zero-order valence-electron chi connectivity index (χ0n) is 16.5. The lowest BCUT2D eigenvalue weighted by molar-refractivity contribution is -0.142. The van der Waals surface area contributed by atoms with Gasteiger partial charge in [0.15, 0.2) is 11.6 Å². The standard InChI is InChI=1S/C22H20ClF2NO4/c1-3-4-7-30-21(28)10-14-12(2)26(19-11-18(25)20(27)9-15(14)19)22(29)13-5-6-16(23)17(24)8-13/h5-6,8-9,11,27H,3-4,7,10H2,1-2H3. The van der Waals surface area contributed by atoms with Gasteiger partial charge in [0, 0.05) is 22.7 Å². The zero-order valence-corrected chi connectivity index (χ0v) is 17.2. The molecule has 0 aliphatic rings. The molecule has 0 saturated heterocycles. The van der Waals surface area contributed by atoms with Crippen molar-refractivity contribution in [3.63, 3.8) is 0 Å². The molecule has 0 saturated carbocycles. The Morgan fingerprint density at radius 3 is 2.57 bits per heavy atom. The van der Waals surface area contributed by atoms with Gasteiger partial charge in [-0.25, -0.2) is 8.78 Å². The van der Waals surface area contributed by atoms with Crippen LogP contribution in [0.2, 0.25) is 5.02 Å². The molecule has 2 aromatic carbocycles. The van der Waals surface area contributed by atoms with E-state index >= 15 is 0 Å². The molecule has 0 radical (unpaired) electrons. The van der Waals surface area contributed by atoms with Crippen LogP contribution in [0.1, 0.15) is 41.4 Å². The molecule has 0 amide bonds. The molecule has 0 spiro atoms. The molecule has 1 aromatic heterocycles. The van der Waals surface area contributed by atoms with Crippen LogP contribution < -0.4 is 0 Å². The van der Waals surface area contributed by atoms with Crippen LogP contribution in [-0.2, 0) is 16.0 Å². The van der Waals surface area contributed by atoms with Crippen molar-refractivity contribution in [2.24, 2.45) is 0 Å². The third kappa shape index (κ3) is 4.16. The van der Waals surface area contributed by atoms with E-state index in [1.807, 2.05) is 6.92 Å². The second-order valence-corrected chi connectivity index (χ2v) is 7.31. The van der Waals surface area contributed by atoms with E-state index in [4.69, 9.17) is 16.3 Å². The fourth-order valence-corrected chi connectivity index (χ4v) is 3.37. The zero-order chi connectivity index (χ0) is 22.0. The van der Waals surface area contributed by atoms with Crippen molar-refractivity contribution in [1.29, 1.82) is 0 Å². The molecule has 0 unspecified atom stereocenters. The van der Waals surface area contributed by atoms with E-state index in [2.05, 4.69) is 0 Å². The summed E-state index contributed by atoms with van der Waals surface area (Å²) in [5.74, 6) is -3.41. The number of esters is 1. The number of rotatable bonds is 6. The first kappa shape index (κ1) is 21.8. The highest BCUT2D eigenvalue weighted by atomic mass is 35.5. The molecule has 1 N–H and O–H groups in total. The number of carbonyl (C=O) groups is 2. The number of carbonyl (C=O) groups excluding carboxylic acids is 2. The number of ether oxygens (including phenoxy) is 1. The molecule has 0 atom stereocenters. The van der Waals surface area contributed by atoms with Crippen molar-refractivity contribution in [1.82, 2.24) is 4.57 Å². The van der Waals surface area contributed by atoms with Crippen LogP contribution in [-0.4, -0.2) is 28.2 Å². The number of aromatic nitrogens is 1. The Morgan fingerprint density at radius 1 is 1.17 bits per heavy atom. The third-order valence-electron chi connectivity index (χ3n) is 4.86. The Morgan fingerprint density at radius 2 is 1.90 bits per heavy atom. The molecule has 1 heterocycles. The molecule has 30 heavy (non-hydrogen) atoms. The Labute approximate surface area is 176 Å². The van der Waals surface area contributed by atoms with Gasteiger partial charge < -0.3 is 9.84 Å². The van der Waals surface area contributed by atoms with Crippen molar-refractivity contribution in [2.45, 2.75) is 33.1 Å². The first-order chi connectivity index (χ1) is 14.2. The van der Waals surface area contributed by atoms with Crippen molar-refractivity contribution in [3.8, 4) is 5.75 Å². The SMILES string of the molecule is CCCCOC(=O)Cc1c(C)n(C(=O)c2ccc(Cl)c(F)c2)c2cc(F)c(O)cc12. The van der Waals surface area contributed by atoms with Crippen LogP contribution in [0, 0.1) is 18.6 Å². The number of unbranched alkanes of at least 4 members (excludes halogenated alkanes) is 1. The molecule has 0 bridgehead atoms. The van der Waals surface area contributed by atoms with E-state index < -0.39 is 29.3 Å². The van der Waals surface area contributed by atoms with Gasteiger partial charge in [-0.2, -0.15) is 0 Å². The lowest BCUT2D eigenvalue weighted by Gasteiger charge is -2.09. The molecule has 8 heteroatoms. The van der Waals surface area contributed by atoms with Crippen LogP contribution in [0.25, 0.3) is 10.9 Å². The Hall–Kier alpha value is -2.93. The van der Waals surface area contributed by atoms with Crippen LogP contribution >= 0.6 is 11.6 Å². The fraction of sp³-hybridized carbons (Fsp3) is 0.273. The number of phenolic OH excluding ortho intramolecular Hbond substituents is 1. The lowest BCUT2D eigenvalue weighted by atomic mass is 10.1. The number of fused-ring (bicyclic) bond motifs is 1. The quantitative estimate of drug-likeness (QED) is 0.429.